The number of carbonyl (C=O) groups excluding carboxylic acids is 2. The molecule has 5 atom stereocenters. The number of rotatable bonds is 10. The molecule has 1 spiro atoms. The second-order valence-corrected chi connectivity index (χ2v) is 12.1. The highest BCUT2D eigenvalue weighted by atomic mass is 16.6. The van der Waals surface area contributed by atoms with E-state index in [1.165, 1.54) is 5.57 Å². The molecule has 0 aromatic heterocycles. The van der Waals surface area contributed by atoms with Crippen molar-refractivity contribution in [2.24, 2.45) is 11.8 Å². The average molecular weight is 520 g/mol. The lowest BCUT2D eigenvalue weighted by molar-refractivity contribution is -0.121. The zero-order valence-electron chi connectivity index (χ0n) is 22.8. The number of epoxide rings is 2. The van der Waals surface area contributed by atoms with Crippen molar-refractivity contribution in [2.45, 2.75) is 82.7 Å². The molecular formula is C28H45N3O6. The molecule has 4 heterocycles. The molecule has 5 aliphatic rings. The van der Waals surface area contributed by atoms with Gasteiger partial charge in [0.1, 0.15) is 6.10 Å². The Morgan fingerprint density at radius 2 is 1.95 bits per heavy atom. The van der Waals surface area contributed by atoms with Crippen LogP contribution in [-0.4, -0.2) is 104 Å². The molecule has 3 unspecified atom stereocenters. The van der Waals surface area contributed by atoms with Gasteiger partial charge in [0.15, 0.2) is 0 Å². The van der Waals surface area contributed by atoms with Crippen LogP contribution in [0.15, 0.2) is 11.6 Å². The maximum Gasteiger partial charge on any atom is 0.410 e. The van der Waals surface area contributed by atoms with E-state index < -0.39 is 0 Å². The van der Waals surface area contributed by atoms with E-state index in [0.29, 0.717) is 32.0 Å². The number of hydrogen-bond donors (Lipinski definition) is 1. The summed E-state index contributed by atoms with van der Waals surface area (Å²) in [5.74, 6) is 0.722. The summed E-state index contributed by atoms with van der Waals surface area (Å²) < 4.78 is 23.5. The summed E-state index contributed by atoms with van der Waals surface area (Å²) in [7, 11) is 0. The van der Waals surface area contributed by atoms with E-state index in [1.54, 1.807) is 4.90 Å². The van der Waals surface area contributed by atoms with Gasteiger partial charge in [-0.1, -0.05) is 11.6 Å². The number of allylic oxidation sites excluding steroid dienone is 1. The third-order valence-corrected chi connectivity index (χ3v) is 9.07. The highest BCUT2D eigenvalue weighted by Crippen LogP contribution is 2.59. The Hall–Kier alpha value is -1.68. The van der Waals surface area contributed by atoms with E-state index in [1.807, 2.05) is 0 Å². The van der Waals surface area contributed by atoms with Crippen molar-refractivity contribution < 1.29 is 28.5 Å². The molecule has 0 radical (unpaired) electrons. The van der Waals surface area contributed by atoms with Crippen LogP contribution in [0.25, 0.3) is 0 Å². The summed E-state index contributed by atoms with van der Waals surface area (Å²) in [5, 5.41) is 3.02. The van der Waals surface area contributed by atoms with Gasteiger partial charge in [-0.05, 0) is 58.8 Å². The summed E-state index contributed by atoms with van der Waals surface area (Å²) in [6.45, 7) is 13.5. The van der Waals surface area contributed by atoms with E-state index in [-0.39, 0.29) is 41.3 Å². The fourth-order valence-electron chi connectivity index (χ4n) is 6.40. The second-order valence-electron chi connectivity index (χ2n) is 12.1. The van der Waals surface area contributed by atoms with Crippen molar-refractivity contribution in [3.63, 3.8) is 0 Å². The van der Waals surface area contributed by atoms with Crippen LogP contribution >= 0.6 is 0 Å². The molecule has 0 bridgehead atoms. The van der Waals surface area contributed by atoms with Gasteiger partial charge in [0, 0.05) is 51.6 Å². The number of carbonyl (C=O) groups is 2. The van der Waals surface area contributed by atoms with Crippen LogP contribution in [0.1, 0.15) is 59.3 Å². The van der Waals surface area contributed by atoms with E-state index in [9.17, 15) is 9.59 Å². The lowest BCUT2D eigenvalue weighted by Crippen LogP contribution is -2.52. The molecule has 5 rings (SSSR count). The lowest BCUT2D eigenvalue weighted by Gasteiger charge is -2.41. The summed E-state index contributed by atoms with van der Waals surface area (Å²) in [6.07, 6.45) is 6.97. The van der Waals surface area contributed by atoms with Gasteiger partial charge in [-0.25, -0.2) is 4.79 Å². The van der Waals surface area contributed by atoms with Gasteiger partial charge >= 0.3 is 6.09 Å². The number of ether oxygens (including phenoxy) is 4. The summed E-state index contributed by atoms with van der Waals surface area (Å²) in [6, 6.07) is 0. The number of nitrogens with zero attached hydrogens (tertiary/aromatic N) is 2. The molecule has 1 N–H and O–H groups in total. The van der Waals surface area contributed by atoms with Crippen LogP contribution in [0, 0.1) is 11.8 Å². The Balaban J connectivity index is 0.987. The number of morpholine rings is 1. The predicted molar refractivity (Wildman–Crippen MR) is 138 cm³/mol. The number of nitrogens with one attached hydrogen (secondary N) is 1. The largest absolute Gasteiger partial charge is 0.446 e. The molecule has 0 aromatic rings. The first-order valence-electron chi connectivity index (χ1n) is 14.2. The standard InChI is InChI=1S/C28H45N3O6/c1-20(2)4-6-24-27(3,37-24)23-16-22(8-9-28(23)19-35-28)36-26(33)31-17-21(18-31)5-7-25(32)29-10-11-30-12-14-34-15-13-30/h4,21-24H,5-19H2,1-3H3,(H,29,32)/t22?,23?,24-,27-,28?/m1/s1. The van der Waals surface area contributed by atoms with Gasteiger partial charge < -0.3 is 29.2 Å². The van der Waals surface area contributed by atoms with Crippen LogP contribution < -0.4 is 5.32 Å². The maximum absolute atomic E-state index is 12.8. The molecule has 5 fully saturated rings. The minimum Gasteiger partial charge on any atom is -0.446 e. The topological polar surface area (TPSA) is 96.2 Å². The molecular weight excluding hydrogens is 474 g/mol. The molecule has 37 heavy (non-hydrogen) atoms. The molecule has 2 amide bonds. The van der Waals surface area contributed by atoms with Gasteiger partial charge in [0.2, 0.25) is 5.91 Å². The van der Waals surface area contributed by atoms with Gasteiger partial charge in [-0.2, -0.15) is 0 Å². The first-order chi connectivity index (χ1) is 17.8. The summed E-state index contributed by atoms with van der Waals surface area (Å²) in [4.78, 5) is 29.1. The molecule has 208 valence electrons. The zero-order valence-corrected chi connectivity index (χ0v) is 22.8. The van der Waals surface area contributed by atoms with Gasteiger partial charge in [-0.15, -0.1) is 0 Å². The normalized spacial score (nSPS) is 35.5. The van der Waals surface area contributed by atoms with Crippen molar-refractivity contribution in [3.05, 3.63) is 11.6 Å². The van der Waals surface area contributed by atoms with Crippen molar-refractivity contribution in [1.29, 1.82) is 0 Å². The van der Waals surface area contributed by atoms with E-state index >= 15 is 0 Å². The van der Waals surface area contributed by atoms with E-state index in [4.69, 9.17) is 18.9 Å². The van der Waals surface area contributed by atoms with Crippen LogP contribution in [0.4, 0.5) is 4.79 Å². The monoisotopic (exact) mass is 519 g/mol. The first kappa shape index (κ1) is 26.9. The Morgan fingerprint density at radius 1 is 1.19 bits per heavy atom. The third kappa shape index (κ3) is 6.49. The molecule has 0 aromatic carbocycles. The fraction of sp³-hybridized carbons (Fsp3) is 0.857. The second kappa shape index (κ2) is 11.2. The molecule has 9 nitrogen and oxygen atoms in total. The fourth-order valence-corrected chi connectivity index (χ4v) is 6.40. The van der Waals surface area contributed by atoms with Gasteiger partial charge in [-0.3, -0.25) is 9.69 Å². The number of amides is 2. The van der Waals surface area contributed by atoms with Crippen molar-refractivity contribution in [1.82, 2.24) is 15.1 Å². The van der Waals surface area contributed by atoms with Gasteiger partial charge in [0.25, 0.3) is 0 Å². The lowest BCUT2D eigenvalue weighted by atomic mass is 9.70. The van der Waals surface area contributed by atoms with E-state index in [0.717, 1.165) is 71.6 Å². The third-order valence-electron chi connectivity index (χ3n) is 9.07. The highest BCUT2D eigenvalue weighted by Gasteiger charge is 2.68. The van der Waals surface area contributed by atoms with Crippen LogP contribution in [0.5, 0.6) is 0 Å². The Kier molecular flexibility index (Phi) is 8.15. The number of hydrogen-bond acceptors (Lipinski definition) is 7. The minimum absolute atomic E-state index is 0.0814. The summed E-state index contributed by atoms with van der Waals surface area (Å²) in [5.41, 5.74) is 1.03. The molecule has 4 saturated heterocycles. The number of likely N-dealkylation sites (tertiary alicyclic amines) is 1. The van der Waals surface area contributed by atoms with Crippen molar-refractivity contribution in [2.75, 3.05) is 59.1 Å². The molecule has 1 aliphatic carbocycles. The predicted octanol–water partition coefficient (Wildman–Crippen LogP) is 2.73. The van der Waals surface area contributed by atoms with Crippen molar-refractivity contribution in [3.8, 4) is 0 Å². The molecule has 1 saturated carbocycles. The van der Waals surface area contributed by atoms with Crippen molar-refractivity contribution >= 4 is 12.0 Å². The van der Waals surface area contributed by atoms with Crippen LogP contribution in [0.3, 0.4) is 0 Å². The highest BCUT2D eigenvalue weighted by molar-refractivity contribution is 5.76. The van der Waals surface area contributed by atoms with Crippen LogP contribution in [0.2, 0.25) is 0 Å². The minimum atomic E-state index is -0.217. The van der Waals surface area contributed by atoms with Crippen LogP contribution in [-0.2, 0) is 23.7 Å². The Morgan fingerprint density at radius 3 is 2.65 bits per heavy atom. The average Bonchev–Trinajstić information content (AvgIpc) is 3.76. The summed E-state index contributed by atoms with van der Waals surface area (Å²) >= 11 is 0. The Labute approximate surface area is 221 Å². The Bertz CT molecular complexity index is 860. The smallest absolute Gasteiger partial charge is 0.410 e. The first-order valence-corrected chi connectivity index (χ1v) is 14.2. The molecule has 4 aliphatic heterocycles. The molecule has 9 heteroatoms. The zero-order chi connectivity index (χ0) is 26.0. The van der Waals surface area contributed by atoms with Gasteiger partial charge in [0.05, 0.1) is 37.1 Å². The van der Waals surface area contributed by atoms with E-state index in [2.05, 4.69) is 37.1 Å². The maximum atomic E-state index is 12.8. The SMILES string of the molecule is CC(C)=CC[C@H]1O[C@]1(C)C1CC(OC(=O)N2CC(CCC(=O)NCCN3CCOCC3)C2)CCC12CO2. The quantitative estimate of drug-likeness (QED) is 0.350.